The number of nitrogens with one attached hydrogen (secondary N) is 1. The summed E-state index contributed by atoms with van der Waals surface area (Å²) in [5.74, 6) is -0.880. The zero-order chi connectivity index (χ0) is 30.3. The molecule has 2 fully saturated rings. The summed E-state index contributed by atoms with van der Waals surface area (Å²) in [4.78, 5) is 45.0. The zero-order valence-corrected chi connectivity index (χ0v) is 25.6. The van der Waals surface area contributed by atoms with Crippen LogP contribution in [0.2, 0.25) is 10.0 Å². The highest BCUT2D eigenvalue weighted by atomic mass is 35.5. The van der Waals surface area contributed by atoms with Gasteiger partial charge in [-0.15, -0.1) is 0 Å². The molecular weight excluding hydrogens is 580 g/mol. The molecule has 8 nitrogen and oxygen atoms in total. The largest absolute Gasteiger partial charge is 0.344 e. The van der Waals surface area contributed by atoms with Gasteiger partial charge in [-0.05, 0) is 54.8 Å². The fourth-order valence-electron chi connectivity index (χ4n) is 6.21. The summed E-state index contributed by atoms with van der Waals surface area (Å²) < 4.78 is 13.6. The summed E-state index contributed by atoms with van der Waals surface area (Å²) in [6.07, 6.45) is 5.51. The highest BCUT2D eigenvalue weighted by Crippen LogP contribution is 2.36. The normalized spacial score (nSPS) is 17.9. The molecule has 0 radical (unpaired) electrons. The topological polar surface area (TPSA) is 99.0 Å². The van der Waals surface area contributed by atoms with E-state index in [9.17, 15) is 18.8 Å². The van der Waals surface area contributed by atoms with Gasteiger partial charge in [0.2, 0.25) is 17.7 Å². The average molecular weight is 621 g/mol. The maximum atomic E-state index is 13.8. The van der Waals surface area contributed by atoms with Crippen molar-refractivity contribution in [2.75, 3.05) is 44.2 Å². The minimum Gasteiger partial charge on any atom is -0.344 e. The molecular formula is C31H40Cl2FN5O3. The lowest BCUT2D eigenvalue weighted by Crippen LogP contribution is -2.64. The van der Waals surface area contributed by atoms with Crippen molar-refractivity contribution >= 4 is 46.6 Å². The molecule has 1 aliphatic carbocycles. The molecule has 4 rings (SSSR count). The molecule has 0 spiro atoms. The maximum Gasteiger partial charge on any atom is 0.245 e. The second kappa shape index (κ2) is 14.6. The van der Waals surface area contributed by atoms with Crippen LogP contribution in [0.15, 0.2) is 42.5 Å². The number of anilines is 1. The molecule has 3 N–H and O–H groups in total. The SMILES string of the molecule is CC(=O)N(CC1(N2CCN(C(=O)C(Cc3ccc(Cl)cc3Cl)NC(=O)CCN)CC2)CCCCC1)c1ccc(F)cc1. The van der Waals surface area contributed by atoms with Crippen LogP contribution in [-0.2, 0) is 20.8 Å². The number of amides is 3. The quantitative estimate of drug-likeness (QED) is 0.410. The monoisotopic (exact) mass is 619 g/mol. The fourth-order valence-corrected chi connectivity index (χ4v) is 6.70. The molecule has 1 heterocycles. The Labute approximate surface area is 257 Å². The van der Waals surface area contributed by atoms with Crippen LogP contribution in [0.1, 0.15) is 51.0 Å². The molecule has 3 amide bonds. The van der Waals surface area contributed by atoms with Crippen molar-refractivity contribution in [2.24, 2.45) is 5.73 Å². The third-order valence-corrected chi connectivity index (χ3v) is 9.05. The van der Waals surface area contributed by atoms with Crippen LogP contribution in [0.5, 0.6) is 0 Å². The van der Waals surface area contributed by atoms with E-state index in [4.69, 9.17) is 28.9 Å². The first-order chi connectivity index (χ1) is 20.1. The standard InChI is InChI=1S/C31H40Cl2FN5O3/c1-22(40)39(26-9-7-25(34)8-10-26)21-31(12-3-2-4-13-31)38-17-15-37(16-18-38)30(42)28(36-29(41)11-14-35)19-23-5-6-24(32)20-27(23)33/h5-10,20,28H,2-4,11-19,21,35H2,1H3,(H,36,41). The van der Waals surface area contributed by atoms with Gasteiger partial charge in [-0.1, -0.05) is 48.5 Å². The van der Waals surface area contributed by atoms with Crippen molar-refractivity contribution in [3.63, 3.8) is 0 Å². The highest BCUT2D eigenvalue weighted by molar-refractivity contribution is 6.35. The molecule has 1 saturated carbocycles. The second-order valence-electron chi connectivity index (χ2n) is 11.3. The number of piperazine rings is 1. The summed E-state index contributed by atoms with van der Waals surface area (Å²) in [5, 5.41) is 3.80. The Bertz CT molecular complexity index is 1250. The predicted octanol–water partition coefficient (Wildman–Crippen LogP) is 4.41. The highest BCUT2D eigenvalue weighted by Gasteiger charge is 2.42. The lowest BCUT2D eigenvalue weighted by atomic mass is 9.79. The Hall–Kier alpha value is -2.72. The van der Waals surface area contributed by atoms with E-state index in [0.29, 0.717) is 48.5 Å². The zero-order valence-electron chi connectivity index (χ0n) is 24.1. The number of carbonyl (C=O) groups is 3. The van der Waals surface area contributed by atoms with E-state index < -0.39 is 6.04 Å². The van der Waals surface area contributed by atoms with Gasteiger partial charge in [0, 0.05) is 80.3 Å². The molecule has 228 valence electrons. The van der Waals surface area contributed by atoms with Gasteiger partial charge in [-0.2, -0.15) is 0 Å². The Morgan fingerprint density at radius 2 is 1.69 bits per heavy atom. The fraction of sp³-hybridized carbons (Fsp3) is 0.516. The first-order valence-corrected chi connectivity index (χ1v) is 15.4. The smallest absolute Gasteiger partial charge is 0.245 e. The lowest BCUT2D eigenvalue weighted by molar-refractivity contribution is -0.139. The molecule has 1 saturated heterocycles. The molecule has 42 heavy (non-hydrogen) atoms. The van der Waals surface area contributed by atoms with Crippen molar-refractivity contribution < 1.29 is 18.8 Å². The Balaban J connectivity index is 1.49. The summed E-state index contributed by atoms with van der Waals surface area (Å²) in [6, 6.07) is 10.4. The van der Waals surface area contributed by atoms with E-state index in [1.165, 1.54) is 12.1 Å². The van der Waals surface area contributed by atoms with Crippen molar-refractivity contribution in [3.05, 3.63) is 63.9 Å². The van der Waals surface area contributed by atoms with Gasteiger partial charge in [-0.25, -0.2) is 4.39 Å². The van der Waals surface area contributed by atoms with Crippen LogP contribution < -0.4 is 16.0 Å². The predicted molar refractivity (Wildman–Crippen MR) is 164 cm³/mol. The summed E-state index contributed by atoms with van der Waals surface area (Å²) in [6.45, 7) is 4.52. The third kappa shape index (κ3) is 8.01. The summed E-state index contributed by atoms with van der Waals surface area (Å²) in [7, 11) is 0. The molecule has 2 aromatic rings. The van der Waals surface area contributed by atoms with E-state index >= 15 is 0 Å². The first-order valence-electron chi connectivity index (χ1n) is 14.6. The van der Waals surface area contributed by atoms with Crippen molar-refractivity contribution in [3.8, 4) is 0 Å². The van der Waals surface area contributed by atoms with E-state index in [0.717, 1.165) is 37.7 Å². The van der Waals surface area contributed by atoms with E-state index in [1.54, 1.807) is 47.1 Å². The number of rotatable bonds is 10. The molecule has 0 aromatic heterocycles. The molecule has 1 unspecified atom stereocenters. The number of halogens is 3. The van der Waals surface area contributed by atoms with Gasteiger partial charge >= 0.3 is 0 Å². The molecule has 2 aliphatic rings. The van der Waals surface area contributed by atoms with Crippen LogP contribution in [0.4, 0.5) is 10.1 Å². The number of benzene rings is 2. The van der Waals surface area contributed by atoms with Crippen LogP contribution in [0.25, 0.3) is 0 Å². The number of carbonyl (C=O) groups excluding carboxylic acids is 3. The Kier molecular flexibility index (Phi) is 11.2. The first kappa shape index (κ1) is 32.2. The van der Waals surface area contributed by atoms with E-state index in [-0.39, 0.29) is 48.5 Å². The minimum atomic E-state index is -0.787. The number of hydrogen-bond donors (Lipinski definition) is 2. The lowest BCUT2D eigenvalue weighted by Gasteiger charge is -2.51. The third-order valence-electron chi connectivity index (χ3n) is 8.46. The number of nitrogens with two attached hydrogens (primary N) is 1. The number of nitrogens with zero attached hydrogens (tertiary/aromatic N) is 3. The van der Waals surface area contributed by atoms with Crippen molar-refractivity contribution in [1.29, 1.82) is 0 Å². The summed E-state index contributed by atoms with van der Waals surface area (Å²) in [5.41, 5.74) is 6.74. The van der Waals surface area contributed by atoms with Gasteiger partial charge in [-0.3, -0.25) is 19.3 Å². The molecule has 1 aliphatic heterocycles. The minimum absolute atomic E-state index is 0.0858. The van der Waals surface area contributed by atoms with Gasteiger partial charge in [0.1, 0.15) is 11.9 Å². The van der Waals surface area contributed by atoms with Gasteiger partial charge in [0.05, 0.1) is 0 Å². The van der Waals surface area contributed by atoms with Crippen molar-refractivity contribution in [1.82, 2.24) is 15.1 Å². The van der Waals surface area contributed by atoms with Crippen molar-refractivity contribution in [2.45, 2.75) is 63.5 Å². The molecule has 2 aromatic carbocycles. The van der Waals surface area contributed by atoms with E-state index in [2.05, 4.69) is 10.2 Å². The maximum absolute atomic E-state index is 13.8. The Morgan fingerprint density at radius 1 is 1.02 bits per heavy atom. The van der Waals surface area contributed by atoms with Gasteiger partial charge in [0.15, 0.2) is 0 Å². The van der Waals surface area contributed by atoms with Crippen LogP contribution in [0.3, 0.4) is 0 Å². The van der Waals surface area contributed by atoms with E-state index in [1.807, 2.05) is 0 Å². The van der Waals surface area contributed by atoms with Crippen LogP contribution in [-0.4, -0.2) is 78.4 Å². The summed E-state index contributed by atoms with van der Waals surface area (Å²) >= 11 is 12.5. The van der Waals surface area contributed by atoms with Gasteiger partial charge < -0.3 is 20.9 Å². The molecule has 11 heteroatoms. The van der Waals surface area contributed by atoms with Crippen LogP contribution >= 0.6 is 23.2 Å². The number of hydrogen-bond acceptors (Lipinski definition) is 5. The second-order valence-corrected chi connectivity index (χ2v) is 12.1. The average Bonchev–Trinajstić information content (AvgIpc) is 2.97. The van der Waals surface area contributed by atoms with Crippen LogP contribution in [0, 0.1) is 5.82 Å². The molecule has 0 bridgehead atoms. The van der Waals surface area contributed by atoms with Gasteiger partial charge in [0.25, 0.3) is 0 Å². The Morgan fingerprint density at radius 3 is 2.29 bits per heavy atom. The molecule has 1 atom stereocenters.